The van der Waals surface area contributed by atoms with Gasteiger partial charge >= 0.3 is 24.2 Å². The molecule has 0 saturated carbocycles. The Hall–Kier alpha value is -3.07. The lowest BCUT2D eigenvalue weighted by molar-refractivity contribution is -0.170. The van der Waals surface area contributed by atoms with E-state index in [0.717, 1.165) is 14.9 Å². The fraction of sp³-hybridized carbons (Fsp3) is 0.286. The number of hydrogen-bond donors (Lipinski definition) is 0. The molecule has 12 heteroatoms. The van der Waals surface area contributed by atoms with Crippen molar-refractivity contribution >= 4 is 39.1 Å². The standard InChI is InChI=1S/C11H7F3N2O.C10H7BrF3NO/c12-11(13,14)10(17)16-4-3-8-5-7(6-15)1-2-9(8)16;11-7-1-2-8-6(5-7)3-4-15(8)9(16)10(12,13)14/h1-2,5H,3-4H2;1-2,5H,3-4H2. The quantitative estimate of drug-likeness (QED) is 0.452. The van der Waals surface area contributed by atoms with Crippen LogP contribution in [-0.2, 0) is 22.4 Å². The lowest BCUT2D eigenvalue weighted by atomic mass is 10.1. The van der Waals surface area contributed by atoms with Gasteiger partial charge in [0, 0.05) is 28.9 Å². The van der Waals surface area contributed by atoms with Crippen molar-refractivity contribution in [3.05, 3.63) is 57.6 Å². The molecule has 2 aliphatic rings. The maximum atomic E-state index is 12.3. The van der Waals surface area contributed by atoms with Crippen LogP contribution in [0.4, 0.5) is 37.7 Å². The van der Waals surface area contributed by atoms with Gasteiger partial charge in [0.2, 0.25) is 0 Å². The molecule has 0 saturated heterocycles. The van der Waals surface area contributed by atoms with Crippen LogP contribution in [0.3, 0.4) is 0 Å². The third-order valence-electron chi connectivity index (χ3n) is 5.02. The molecule has 2 aliphatic heterocycles. The number of amides is 2. The van der Waals surface area contributed by atoms with Gasteiger partial charge in [-0.1, -0.05) is 15.9 Å². The summed E-state index contributed by atoms with van der Waals surface area (Å²) in [5.74, 6) is -3.66. The summed E-state index contributed by atoms with van der Waals surface area (Å²) >= 11 is 3.24. The highest BCUT2D eigenvalue weighted by molar-refractivity contribution is 9.10. The zero-order chi connectivity index (χ0) is 24.6. The van der Waals surface area contributed by atoms with Crippen LogP contribution in [-0.4, -0.2) is 37.3 Å². The number of halogens is 7. The van der Waals surface area contributed by atoms with Gasteiger partial charge in [0.15, 0.2) is 0 Å². The zero-order valence-electron chi connectivity index (χ0n) is 16.6. The van der Waals surface area contributed by atoms with Gasteiger partial charge in [-0.3, -0.25) is 9.59 Å². The number of anilines is 2. The molecule has 2 aromatic carbocycles. The first-order valence-corrected chi connectivity index (χ1v) is 10.2. The molecule has 2 amide bonds. The molecular weight excluding hydrogens is 520 g/mol. The van der Waals surface area contributed by atoms with Gasteiger partial charge in [0.05, 0.1) is 11.6 Å². The lowest BCUT2D eigenvalue weighted by Crippen LogP contribution is -2.40. The molecule has 4 rings (SSSR count). The van der Waals surface area contributed by atoms with Gasteiger partial charge in [0.25, 0.3) is 0 Å². The zero-order valence-corrected chi connectivity index (χ0v) is 18.2. The number of hydrogen-bond acceptors (Lipinski definition) is 3. The summed E-state index contributed by atoms with van der Waals surface area (Å²) in [5, 5.41) is 8.66. The van der Waals surface area contributed by atoms with Crippen molar-refractivity contribution in [2.24, 2.45) is 0 Å². The molecule has 0 radical (unpaired) electrons. The second kappa shape index (κ2) is 9.05. The van der Waals surface area contributed by atoms with Crippen molar-refractivity contribution in [3.8, 4) is 6.07 Å². The molecule has 0 unspecified atom stereocenters. The van der Waals surface area contributed by atoms with Crippen LogP contribution in [0.1, 0.15) is 16.7 Å². The van der Waals surface area contributed by atoms with Gasteiger partial charge in [-0.05, 0) is 60.4 Å². The predicted molar refractivity (Wildman–Crippen MR) is 110 cm³/mol. The van der Waals surface area contributed by atoms with Crippen LogP contribution >= 0.6 is 15.9 Å². The molecule has 0 aliphatic carbocycles. The Morgan fingerprint density at radius 2 is 1.27 bits per heavy atom. The van der Waals surface area contributed by atoms with Crippen molar-refractivity contribution in [3.63, 3.8) is 0 Å². The van der Waals surface area contributed by atoms with Crippen molar-refractivity contribution in [2.45, 2.75) is 25.2 Å². The van der Waals surface area contributed by atoms with Crippen LogP contribution in [0.2, 0.25) is 0 Å². The minimum Gasteiger partial charge on any atom is -0.304 e. The second-order valence-corrected chi connectivity index (χ2v) is 8.05. The number of fused-ring (bicyclic) bond motifs is 2. The largest absolute Gasteiger partial charge is 0.471 e. The minimum absolute atomic E-state index is 0.00254. The molecule has 0 spiro atoms. The summed E-state index contributed by atoms with van der Waals surface area (Å²) < 4.78 is 74.5. The Labute approximate surface area is 192 Å². The average Bonchev–Trinajstić information content (AvgIpc) is 3.34. The minimum atomic E-state index is -4.87. The number of carbonyl (C=O) groups is 2. The van der Waals surface area contributed by atoms with Crippen molar-refractivity contribution < 1.29 is 35.9 Å². The van der Waals surface area contributed by atoms with E-state index < -0.39 is 24.2 Å². The molecule has 0 fully saturated rings. The van der Waals surface area contributed by atoms with E-state index in [1.54, 1.807) is 12.1 Å². The van der Waals surface area contributed by atoms with E-state index in [4.69, 9.17) is 5.26 Å². The maximum absolute atomic E-state index is 12.3. The average molecular weight is 534 g/mol. The van der Waals surface area contributed by atoms with Crippen LogP contribution in [0, 0.1) is 11.3 Å². The van der Waals surface area contributed by atoms with E-state index in [0.29, 0.717) is 34.6 Å². The summed E-state index contributed by atoms with van der Waals surface area (Å²) in [7, 11) is 0. The summed E-state index contributed by atoms with van der Waals surface area (Å²) in [6, 6.07) is 11.1. The molecule has 5 nitrogen and oxygen atoms in total. The predicted octanol–water partition coefficient (Wildman–Crippen LogP) is 4.91. The molecular formula is C21H14BrF6N3O2. The number of benzene rings is 2. The molecule has 0 N–H and O–H groups in total. The Morgan fingerprint density at radius 1 is 0.818 bits per heavy atom. The van der Waals surface area contributed by atoms with Crippen molar-refractivity contribution in [1.82, 2.24) is 0 Å². The third-order valence-corrected chi connectivity index (χ3v) is 5.51. The van der Waals surface area contributed by atoms with E-state index in [1.807, 2.05) is 6.07 Å². The molecule has 2 aromatic rings. The van der Waals surface area contributed by atoms with E-state index in [2.05, 4.69) is 15.9 Å². The first-order valence-electron chi connectivity index (χ1n) is 9.41. The first-order chi connectivity index (χ1) is 15.3. The highest BCUT2D eigenvalue weighted by Gasteiger charge is 2.45. The summed E-state index contributed by atoms with van der Waals surface area (Å²) in [6.45, 7) is 0.0900. The second-order valence-electron chi connectivity index (χ2n) is 7.14. The van der Waals surface area contributed by atoms with Crippen molar-refractivity contribution in [2.75, 3.05) is 22.9 Å². The molecule has 174 valence electrons. The van der Waals surface area contributed by atoms with Crippen molar-refractivity contribution in [1.29, 1.82) is 5.26 Å². The Kier molecular flexibility index (Phi) is 6.74. The van der Waals surface area contributed by atoms with Gasteiger partial charge < -0.3 is 9.80 Å². The SMILES string of the molecule is N#Cc1ccc2c(c1)CCN2C(=O)C(F)(F)F.O=C(N1CCc2cc(Br)ccc21)C(F)(F)F. The van der Waals surface area contributed by atoms with Gasteiger partial charge in [-0.25, -0.2) is 0 Å². The van der Waals surface area contributed by atoms with Crippen LogP contribution < -0.4 is 9.80 Å². The van der Waals surface area contributed by atoms with Crippen LogP contribution in [0.15, 0.2) is 40.9 Å². The lowest BCUT2D eigenvalue weighted by Gasteiger charge is -2.18. The van der Waals surface area contributed by atoms with Gasteiger partial charge in [-0.15, -0.1) is 0 Å². The Morgan fingerprint density at radius 3 is 1.73 bits per heavy atom. The number of nitriles is 1. The third kappa shape index (κ3) is 5.30. The van der Waals surface area contributed by atoms with Gasteiger partial charge in [-0.2, -0.15) is 31.6 Å². The molecule has 0 bridgehead atoms. The highest BCUT2D eigenvalue weighted by atomic mass is 79.9. The van der Waals surface area contributed by atoms with E-state index in [1.165, 1.54) is 24.3 Å². The fourth-order valence-corrected chi connectivity index (χ4v) is 3.98. The number of carbonyl (C=O) groups excluding carboxylic acids is 2. The summed E-state index contributed by atoms with van der Waals surface area (Å²) in [4.78, 5) is 23.7. The smallest absolute Gasteiger partial charge is 0.304 e. The van der Waals surface area contributed by atoms with Gasteiger partial charge in [0.1, 0.15) is 0 Å². The number of alkyl halides is 6. The number of rotatable bonds is 0. The van der Waals surface area contributed by atoms with Crippen LogP contribution in [0.25, 0.3) is 0 Å². The Bertz CT molecular complexity index is 1140. The molecule has 33 heavy (non-hydrogen) atoms. The fourth-order valence-electron chi connectivity index (χ4n) is 3.57. The summed E-state index contributed by atoms with van der Waals surface area (Å²) in [6.07, 6.45) is -8.88. The molecule has 2 heterocycles. The van der Waals surface area contributed by atoms with E-state index in [-0.39, 0.29) is 18.8 Å². The summed E-state index contributed by atoms with van der Waals surface area (Å²) in [5.41, 5.74) is 2.33. The van der Waals surface area contributed by atoms with E-state index in [9.17, 15) is 35.9 Å². The monoisotopic (exact) mass is 533 g/mol. The maximum Gasteiger partial charge on any atom is 0.471 e. The Balaban J connectivity index is 0.000000186. The molecule has 0 atom stereocenters. The van der Waals surface area contributed by atoms with Crippen LogP contribution in [0.5, 0.6) is 0 Å². The molecule has 0 aromatic heterocycles. The van der Waals surface area contributed by atoms with E-state index >= 15 is 0 Å². The topological polar surface area (TPSA) is 64.4 Å². The number of nitrogens with zero attached hydrogens (tertiary/aromatic N) is 3. The first kappa shape index (κ1) is 24.6. The highest BCUT2D eigenvalue weighted by Crippen LogP contribution is 2.34. The normalized spacial score (nSPS) is 14.7.